The van der Waals surface area contributed by atoms with Crippen molar-refractivity contribution in [3.63, 3.8) is 0 Å². The summed E-state index contributed by atoms with van der Waals surface area (Å²) in [6.45, 7) is 2.99. The number of aliphatic hydroxyl groups is 1. The van der Waals surface area contributed by atoms with Crippen molar-refractivity contribution in [2.24, 2.45) is 0 Å². The van der Waals surface area contributed by atoms with E-state index in [1.54, 1.807) is 0 Å². The maximum atomic E-state index is 8.93. The second-order valence-corrected chi connectivity index (χ2v) is 2.31. The Bertz CT molecular complexity index is 59.0. The molecule has 0 spiro atoms. The fourth-order valence-electron chi connectivity index (χ4n) is 0.402. The van der Waals surface area contributed by atoms with Gasteiger partial charge in [-0.2, -0.15) is 12.6 Å². The highest BCUT2D eigenvalue weighted by Gasteiger charge is 1.97. The summed E-state index contributed by atoms with van der Waals surface area (Å²) in [5, 5.41) is 8.93. The van der Waals surface area contributed by atoms with Gasteiger partial charge in [0, 0.05) is 5.75 Å². The summed E-state index contributed by atoms with van der Waals surface area (Å²) in [5.41, 5.74) is 0. The number of aliphatic hydroxyl groups excluding tert-OH is 1. The predicted molar refractivity (Wildman–Crippen MR) is 41.0 cm³/mol. The monoisotopic (exact) mass is 150 g/mol. The summed E-state index contributed by atoms with van der Waals surface area (Å²) in [6.07, 6.45) is 0.455. The van der Waals surface area contributed by atoms with Crippen LogP contribution >= 0.6 is 12.6 Å². The van der Waals surface area contributed by atoms with Gasteiger partial charge in [0.2, 0.25) is 0 Å². The van der Waals surface area contributed by atoms with Crippen molar-refractivity contribution in [3.8, 4) is 0 Å². The largest absolute Gasteiger partial charge is 0.391 e. The first-order chi connectivity index (χ1) is 4.31. The molecular formula is C6H14O2S. The van der Waals surface area contributed by atoms with E-state index in [4.69, 9.17) is 9.84 Å². The molecule has 0 aliphatic heterocycles. The van der Waals surface area contributed by atoms with E-state index in [-0.39, 0.29) is 6.10 Å². The average molecular weight is 150 g/mol. The van der Waals surface area contributed by atoms with Crippen LogP contribution in [0, 0.1) is 0 Å². The van der Waals surface area contributed by atoms with E-state index in [1.165, 1.54) is 0 Å². The van der Waals surface area contributed by atoms with Crippen LogP contribution in [0.2, 0.25) is 0 Å². The molecule has 0 fully saturated rings. The van der Waals surface area contributed by atoms with Crippen LogP contribution in [0.3, 0.4) is 0 Å². The fourth-order valence-corrected chi connectivity index (χ4v) is 0.531. The minimum Gasteiger partial charge on any atom is -0.391 e. The lowest BCUT2D eigenvalue weighted by atomic mass is 10.3. The number of hydrogen-bond donors (Lipinski definition) is 2. The Balaban J connectivity index is 2.88. The number of rotatable bonds is 5. The minimum atomic E-state index is -0.301. The Morgan fingerprint density at radius 2 is 2.33 bits per heavy atom. The molecule has 1 N–H and O–H groups in total. The van der Waals surface area contributed by atoms with Crippen LogP contribution < -0.4 is 0 Å². The van der Waals surface area contributed by atoms with Crippen molar-refractivity contribution < 1.29 is 9.84 Å². The molecule has 0 aromatic carbocycles. The van der Waals surface area contributed by atoms with Crippen LogP contribution in [0.25, 0.3) is 0 Å². The Morgan fingerprint density at radius 1 is 1.67 bits per heavy atom. The van der Waals surface area contributed by atoms with Crippen molar-refractivity contribution in [1.29, 1.82) is 0 Å². The highest BCUT2D eigenvalue weighted by molar-refractivity contribution is 7.80. The van der Waals surface area contributed by atoms with Crippen LogP contribution in [0.1, 0.15) is 13.3 Å². The molecule has 1 unspecified atom stereocenters. The molecule has 0 bridgehead atoms. The fraction of sp³-hybridized carbons (Fsp3) is 1.00. The second kappa shape index (κ2) is 6.39. The molecule has 0 aromatic rings. The van der Waals surface area contributed by atoms with E-state index in [9.17, 15) is 0 Å². The maximum Gasteiger partial charge on any atom is 0.0771 e. The summed E-state index contributed by atoms with van der Waals surface area (Å²) < 4.78 is 5.01. The van der Waals surface area contributed by atoms with Gasteiger partial charge >= 0.3 is 0 Å². The Labute approximate surface area is 61.6 Å². The maximum absolute atomic E-state index is 8.93. The van der Waals surface area contributed by atoms with E-state index in [0.717, 1.165) is 12.2 Å². The summed E-state index contributed by atoms with van der Waals surface area (Å²) >= 11 is 3.95. The van der Waals surface area contributed by atoms with Gasteiger partial charge in [0.1, 0.15) is 0 Å². The third-order valence-electron chi connectivity index (χ3n) is 1.02. The average Bonchev–Trinajstić information content (AvgIpc) is 1.89. The Morgan fingerprint density at radius 3 is 2.78 bits per heavy atom. The quantitative estimate of drug-likeness (QED) is 0.446. The Kier molecular flexibility index (Phi) is 6.58. The first kappa shape index (κ1) is 9.27. The van der Waals surface area contributed by atoms with Crippen molar-refractivity contribution in [3.05, 3.63) is 0 Å². The molecule has 0 aliphatic carbocycles. The molecule has 0 heterocycles. The zero-order valence-electron chi connectivity index (χ0n) is 5.71. The van der Waals surface area contributed by atoms with Gasteiger partial charge in [-0.05, 0) is 6.42 Å². The van der Waals surface area contributed by atoms with Crippen LogP contribution in [-0.2, 0) is 4.74 Å². The minimum absolute atomic E-state index is 0.301. The molecular weight excluding hydrogens is 136 g/mol. The summed E-state index contributed by atoms with van der Waals surface area (Å²) in [7, 11) is 0. The Hall–Kier alpha value is 0.270. The van der Waals surface area contributed by atoms with E-state index < -0.39 is 0 Å². The van der Waals surface area contributed by atoms with Crippen LogP contribution in [0.4, 0.5) is 0 Å². The van der Waals surface area contributed by atoms with Gasteiger partial charge in [-0.1, -0.05) is 6.92 Å². The van der Waals surface area contributed by atoms with Gasteiger partial charge in [0.25, 0.3) is 0 Å². The highest BCUT2D eigenvalue weighted by Crippen LogP contribution is 1.90. The molecule has 9 heavy (non-hydrogen) atoms. The van der Waals surface area contributed by atoms with E-state index in [1.807, 2.05) is 6.92 Å². The van der Waals surface area contributed by atoms with Crippen molar-refractivity contribution >= 4 is 12.6 Å². The molecule has 0 saturated heterocycles. The summed E-state index contributed by atoms with van der Waals surface area (Å²) in [5.74, 6) is 0.719. The van der Waals surface area contributed by atoms with E-state index in [0.29, 0.717) is 13.2 Å². The first-order valence-electron chi connectivity index (χ1n) is 3.18. The first-order valence-corrected chi connectivity index (χ1v) is 3.81. The number of thiol groups is 1. The molecule has 0 aromatic heterocycles. The highest BCUT2D eigenvalue weighted by atomic mass is 32.1. The van der Waals surface area contributed by atoms with Crippen molar-refractivity contribution in [1.82, 2.24) is 0 Å². The lowest BCUT2D eigenvalue weighted by Gasteiger charge is -2.06. The molecule has 0 rings (SSSR count). The third kappa shape index (κ3) is 6.15. The van der Waals surface area contributed by atoms with Crippen LogP contribution in [-0.4, -0.2) is 30.2 Å². The molecule has 1 atom stereocenters. The van der Waals surface area contributed by atoms with Gasteiger partial charge < -0.3 is 9.84 Å². The molecule has 3 heteroatoms. The second-order valence-electron chi connectivity index (χ2n) is 1.86. The smallest absolute Gasteiger partial charge is 0.0771 e. The van der Waals surface area contributed by atoms with Crippen LogP contribution in [0.5, 0.6) is 0 Å². The predicted octanol–water partition coefficient (Wildman–Crippen LogP) is 0.704. The number of hydrogen-bond acceptors (Lipinski definition) is 3. The zero-order chi connectivity index (χ0) is 7.11. The molecule has 56 valence electrons. The summed E-state index contributed by atoms with van der Waals surface area (Å²) in [4.78, 5) is 0. The number of ether oxygens (including phenoxy) is 1. The van der Waals surface area contributed by atoms with E-state index in [2.05, 4.69) is 12.6 Å². The van der Waals surface area contributed by atoms with Gasteiger partial charge in [0.15, 0.2) is 0 Å². The third-order valence-corrected chi connectivity index (χ3v) is 1.20. The van der Waals surface area contributed by atoms with Gasteiger partial charge in [-0.15, -0.1) is 0 Å². The zero-order valence-corrected chi connectivity index (χ0v) is 6.60. The molecule has 0 aliphatic rings. The standard InChI is InChI=1S/C6H14O2S/c1-2-6(7)5-8-3-4-9/h6-7,9H,2-5H2,1H3. The lowest BCUT2D eigenvalue weighted by Crippen LogP contribution is -2.14. The van der Waals surface area contributed by atoms with Crippen molar-refractivity contribution in [2.45, 2.75) is 19.4 Å². The van der Waals surface area contributed by atoms with Crippen LogP contribution in [0.15, 0.2) is 0 Å². The SMILES string of the molecule is CCC(O)COCCS. The topological polar surface area (TPSA) is 29.5 Å². The van der Waals surface area contributed by atoms with Crippen molar-refractivity contribution in [2.75, 3.05) is 19.0 Å². The molecule has 0 saturated carbocycles. The lowest BCUT2D eigenvalue weighted by molar-refractivity contribution is 0.0420. The summed E-state index contributed by atoms with van der Waals surface area (Å²) in [6, 6.07) is 0. The molecule has 0 amide bonds. The normalized spacial score (nSPS) is 13.7. The van der Waals surface area contributed by atoms with Gasteiger partial charge in [0.05, 0.1) is 19.3 Å². The van der Waals surface area contributed by atoms with Gasteiger partial charge in [-0.25, -0.2) is 0 Å². The molecule has 2 nitrogen and oxygen atoms in total. The van der Waals surface area contributed by atoms with Gasteiger partial charge in [-0.3, -0.25) is 0 Å². The van der Waals surface area contributed by atoms with E-state index >= 15 is 0 Å². The molecule has 0 radical (unpaired) electrons.